The Morgan fingerprint density at radius 3 is 2.54 bits per heavy atom. The Kier molecular flexibility index (Phi) is 4.48. The van der Waals surface area contributed by atoms with E-state index in [1.165, 1.54) is 37.1 Å². The molecule has 0 unspecified atom stereocenters. The van der Waals surface area contributed by atoms with E-state index in [-0.39, 0.29) is 0 Å². The first kappa shape index (κ1) is 17.9. The fourth-order valence-electron chi connectivity index (χ4n) is 5.67. The van der Waals surface area contributed by atoms with Crippen molar-refractivity contribution in [2.75, 3.05) is 38.6 Å². The Balaban J connectivity index is 1.43. The second-order valence-corrected chi connectivity index (χ2v) is 8.77. The summed E-state index contributed by atoms with van der Waals surface area (Å²) in [6.07, 6.45) is 6.56. The number of nitrogens with zero attached hydrogens (tertiary/aromatic N) is 5. The monoisotopic (exact) mass is 379 g/mol. The summed E-state index contributed by atoms with van der Waals surface area (Å²) in [5.74, 6) is 2.35. The van der Waals surface area contributed by atoms with Gasteiger partial charge in [0.05, 0.1) is 0 Å². The van der Waals surface area contributed by atoms with Gasteiger partial charge in [0.15, 0.2) is 0 Å². The van der Waals surface area contributed by atoms with Crippen LogP contribution >= 0.6 is 0 Å². The molecule has 6 rings (SSSR count). The molecular weight excluding hydrogens is 350 g/mol. The highest BCUT2D eigenvalue weighted by molar-refractivity contribution is 5.34. The molecule has 6 heteroatoms. The number of aromatic nitrogens is 2. The number of hydrogen-bond donors (Lipinski definition) is 1. The number of phenolic OH excluding ortho intramolecular Hbond substituents is 1. The molecular formula is C22H29N5O. The van der Waals surface area contributed by atoms with Crippen molar-refractivity contribution in [1.82, 2.24) is 19.8 Å². The molecule has 4 saturated heterocycles. The lowest BCUT2D eigenvalue weighted by Crippen LogP contribution is -2.59. The molecule has 28 heavy (non-hydrogen) atoms. The summed E-state index contributed by atoms with van der Waals surface area (Å²) in [7, 11) is 3.93. The van der Waals surface area contributed by atoms with Crippen LogP contribution in [0.3, 0.4) is 0 Å². The zero-order chi connectivity index (χ0) is 19.3. The fraction of sp³-hybridized carbons (Fsp3) is 0.545. The van der Waals surface area contributed by atoms with E-state index in [0.717, 1.165) is 25.0 Å². The van der Waals surface area contributed by atoms with Crippen molar-refractivity contribution in [1.29, 1.82) is 0 Å². The van der Waals surface area contributed by atoms with E-state index in [1.807, 2.05) is 43.5 Å². The Morgan fingerprint density at radius 1 is 1.11 bits per heavy atom. The minimum atomic E-state index is 0.371. The molecule has 0 amide bonds. The van der Waals surface area contributed by atoms with Crippen molar-refractivity contribution in [3.05, 3.63) is 47.8 Å². The Bertz CT molecular complexity index is 831. The summed E-state index contributed by atoms with van der Waals surface area (Å²) in [6, 6.07) is 9.03. The number of likely N-dealkylation sites (tertiary alicyclic amines) is 1. The van der Waals surface area contributed by atoms with Crippen LogP contribution in [0.5, 0.6) is 5.75 Å². The summed E-state index contributed by atoms with van der Waals surface area (Å²) in [6.45, 7) is 4.36. The van der Waals surface area contributed by atoms with E-state index in [1.54, 1.807) is 6.07 Å². The molecule has 6 nitrogen and oxygen atoms in total. The molecule has 5 heterocycles. The van der Waals surface area contributed by atoms with Crippen molar-refractivity contribution >= 4 is 5.95 Å². The van der Waals surface area contributed by atoms with Gasteiger partial charge in [-0.15, -0.1) is 0 Å². The maximum Gasteiger partial charge on any atom is 0.224 e. The maximum absolute atomic E-state index is 10.0. The van der Waals surface area contributed by atoms with Crippen LogP contribution < -0.4 is 4.90 Å². The molecule has 148 valence electrons. The second kappa shape index (κ2) is 7.01. The lowest BCUT2D eigenvalue weighted by molar-refractivity contribution is -0.00874. The predicted molar refractivity (Wildman–Crippen MR) is 109 cm³/mol. The first-order chi connectivity index (χ1) is 13.6. The van der Waals surface area contributed by atoms with Crippen LogP contribution in [0.25, 0.3) is 0 Å². The number of phenols is 1. The van der Waals surface area contributed by atoms with E-state index in [2.05, 4.69) is 25.8 Å². The van der Waals surface area contributed by atoms with Crippen molar-refractivity contribution in [2.24, 2.45) is 5.92 Å². The SMILES string of the molecule is CN(C)c1ncc(CN2C[C@@H](c3cccc(O)c3)[C@@H]3[C@H]2C2CCN3CC2)cn1. The first-order valence-corrected chi connectivity index (χ1v) is 10.4. The molecule has 0 saturated carbocycles. The molecule has 1 aromatic heterocycles. The summed E-state index contributed by atoms with van der Waals surface area (Å²) in [5.41, 5.74) is 2.45. The minimum Gasteiger partial charge on any atom is -0.508 e. The Labute approximate surface area is 166 Å². The highest BCUT2D eigenvalue weighted by atomic mass is 16.3. The average Bonchev–Trinajstić information content (AvgIpc) is 3.11. The third kappa shape index (κ3) is 3.05. The third-order valence-corrected chi connectivity index (χ3v) is 6.87. The van der Waals surface area contributed by atoms with E-state index in [4.69, 9.17) is 0 Å². The lowest BCUT2D eigenvalue weighted by atomic mass is 9.75. The van der Waals surface area contributed by atoms with Gasteiger partial charge in [0, 0.05) is 63.1 Å². The zero-order valence-corrected chi connectivity index (χ0v) is 16.7. The molecule has 3 atom stereocenters. The van der Waals surface area contributed by atoms with Crippen LogP contribution in [-0.2, 0) is 6.54 Å². The van der Waals surface area contributed by atoms with Crippen LogP contribution in [0.15, 0.2) is 36.7 Å². The van der Waals surface area contributed by atoms with Crippen LogP contribution in [0, 0.1) is 5.92 Å². The van der Waals surface area contributed by atoms with Gasteiger partial charge in [-0.3, -0.25) is 9.80 Å². The third-order valence-electron chi connectivity index (χ3n) is 6.87. The van der Waals surface area contributed by atoms with Crippen molar-refractivity contribution in [3.63, 3.8) is 0 Å². The number of benzene rings is 1. The molecule has 4 aliphatic heterocycles. The van der Waals surface area contributed by atoms with Gasteiger partial charge in [-0.25, -0.2) is 9.97 Å². The van der Waals surface area contributed by atoms with Crippen molar-refractivity contribution in [3.8, 4) is 5.75 Å². The van der Waals surface area contributed by atoms with E-state index >= 15 is 0 Å². The van der Waals surface area contributed by atoms with Crippen LogP contribution in [0.2, 0.25) is 0 Å². The van der Waals surface area contributed by atoms with E-state index in [0.29, 0.717) is 23.8 Å². The van der Waals surface area contributed by atoms with Gasteiger partial charge < -0.3 is 10.0 Å². The summed E-state index contributed by atoms with van der Waals surface area (Å²) < 4.78 is 0. The predicted octanol–water partition coefficient (Wildman–Crippen LogP) is 2.31. The van der Waals surface area contributed by atoms with Gasteiger partial charge in [-0.1, -0.05) is 12.1 Å². The number of anilines is 1. The minimum absolute atomic E-state index is 0.371. The largest absolute Gasteiger partial charge is 0.508 e. The highest BCUT2D eigenvalue weighted by Crippen LogP contribution is 2.47. The molecule has 0 aliphatic carbocycles. The summed E-state index contributed by atoms with van der Waals surface area (Å²) >= 11 is 0. The van der Waals surface area contributed by atoms with Crippen molar-refractivity contribution in [2.45, 2.75) is 37.4 Å². The van der Waals surface area contributed by atoms with Gasteiger partial charge in [0.2, 0.25) is 5.95 Å². The standard InChI is InChI=1S/C22H29N5O/c1-25(2)22-23-11-15(12-24-22)13-27-14-19(17-4-3-5-18(28)10-17)21-20(27)16-6-8-26(21)9-7-16/h3-5,10-12,16,19-21,28H,6-9,13-14H2,1-2H3/t19-,20+,21+/m0/s1. The number of rotatable bonds is 4. The summed E-state index contributed by atoms with van der Waals surface area (Å²) in [4.78, 5) is 16.3. The first-order valence-electron chi connectivity index (χ1n) is 10.4. The normalized spacial score (nSPS) is 31.7. The smallest absolute Gasteiger partial charge is 0.224 e. The van der Waals surface area contributed by atoms with Gasteiger partial charge in [0.25, 0.3) is 0 Å². The topological polar surface area (TPSA) is 55.7 Å². The summed E-state index contributed by atoms with van der Waals surface area (Å²) in [5, 5.41) is 10.0. The number of hydrogen-bond acceptors (Lipinski definition) is 6. The van der Waals surface area contributed by atoms with E-state index < -0.39 is 0 Å². The molecule has 0 spiro atoms. The van der Waals surface area contributed by atoms with Gasteiger partial charge in [-0.2, -0.15) is 0 Å². The van der Waals surface area contributed by atoms with Gasteiger partial charge in [0.1, 0.15) is 5.75 Å². The second-order valence-electron chi connectivity index (χ2n) is 8.77. The maximum atomic E-state index is 10.0. The van der Waals surface area contributed by atoms with Crippen LogP contribution in [0.4, 0.5) is 5.95 Å². The zero-order valence-electron chi connectivity index (χ0n) is 16.7. The highest BCUT2D eigenvalue weighted by Gasteiger charge is 2.53. The molecule has 0 radical (unpaired) electrons. The van der Waals surface area contributed by atoms with Crippen LogP contribution in [0.1, 0.15) is 29.9 Å². The van der Waals surface area contributed by atoms with Crippen molar-refractivity contribution < 1.29 is 5.11 Å². The molecule has 4 fully saturated rings. The Hall–Kier alpha value is -2.18. The molecule has 4 aliphatic rings. The van der Waals surface area contributed by atoms with Gasteiger partial charge in [-0.05, 0) is 49.5 Å². The average molecular weight is 380 g/mol. The number of fused-ring (bicyclic) bond motifs is 2. The van der Waals surface area contributed by atoms with Crippen LogP contribution in [-0.4, -0.2) is 70.7 Å². The lowest BCUT2D eigenvalue weighted by Gasteiger charge is -2.51. The van der Waals surface area contributed by atoms with Gasteiger partial charge >= 0.3 is 0 Å². The quantitative estimate of drug-likeness (QED) is 0.880. The Morgan fingerprint density at radius 2 is 1.86 bits per heavy atom. The fourth-order valence-corrected chi connectivity index (χ4v) is 5.67. The molecule has 2 aromatic rings. The number of piperidine rings is 3. The molecule has 1 aromatic carbocycles. The van der Waals surface area contributed by atoms with E-state index in [9.17, 15) is 5.11 Å². The number of aromatic hydroxyl groups is 1. The molecule has 2 bridgehead atoms. The molecule has 1 N–H and O–H groups in total.